The normalized spacial score (nSPS) is 11.2. The average molecular weight is 845 g/mol. The van der Waals surface area contributed by atoms with Gasteiger partial charge in [0.15, 0.2) is 19.7 Å². The van der Waals surface area contributed by atoms with E-state index in [4.69, 9.17) is 55.9 Å². The van der Waals surface area contributed by atoms with E-state index in [1.54, 1.807) is 67.0 Å². The summed E-state index contributed by atoms with van der Waals surface area (Å²) in [7, 11) is -6.84. The second-order valence-electron chi connectivity index (χ2n) is 11.3. The topological polar surface area (TPSA) is 147 Å². The fourth-order valence-electron chi connectivity index (χ4n) is 4.66. The molecule has 6 aromatic rings. The molecule has 0 saturated carbocycles. The van der Waals surface area contributed by atoms with Gasteiger partial charge in [-0.2, -0.15) is 0 Å². The number of nitrogens with zero attached hydrogens (tertiary/aromatic N) is 2. The maximum absolute atomic E-state index is 12.5. The lowest BCUT2D eigenvalue weighted by Crippen LogP contribution is -2.10. The molecule has 16 heteroatoms. The van der Waals surface area contributed by atoms with E-state index in [1.165, 1.54) is 42.5 Å². The highest BCUT2D eigenvalue weighted by Crippen LogP contribution is 2.32. The molecule has 2 aromatic heterocycles. The van der Waals surface area contributed by atoms with Gasteiger partial charge in [0.25, 0.3) is 0 Å². The van der Waals surface area contributed by atoms with Crippen LogP contribution in [-0.4, -0.2) is 51.3 Å². The Labute approximate surface area is 331 Å². The summed E-state index contributed by atoms with van der Waals surface area (Å²) in [5.74, 6) is -1.05. The molecular weight excluding hydrogens is 818 g/mol. The molecule has 0 aliphatic heterocycles. The largest absolute Gasteiger partial charge is 0.423 e. The number of halogens is 4. The number of esters is 2. The minimum Gasteiger partial charge on any atom is -0.423 e. The van der Waals surface area contributed by atoms with Gasteiger partial charge >= 0.3 is 11.9 Å². The molecule has 0 N–H and O–H groups in total. The summed E-state index contributed by atoms with van der Waals surface area (Å²) < 4.78 is 56.9. The summed E-state index contributed by atoms with van der Waals surface area (Å²) in [4.78, 5) is 33.4. The highest BCUT2D eigenvalue weighted by atomic mass is 35.5. The van der Waals surface area contributed by atoms with Crippen LogP contribution in [0.15, 0.2) is 131 Å². The molecule has 0 aliphatic rings. The second kappa shape index (κ2) is 17.1. The molecular formula is C38H26Cl4N2O8S2. The first-order valence-corrected chi connectivity index (χ1v) is 20.7. The van der Waals surface area contributed by atoms with E-state index in [9.17, 15) is 26.4 Å². The van der Waals surface area contributed by atoms with Gasteiger partial charge in [0.1, 0.15) is 11.5 Å². The van der Waals surface area contributed by atoms with Gasteiger partial charge in [0.05, 0.1) is 52.4 Å². The molecule has 0 spiro atoms. The highest BCUT2D eigenvalue weighted by Gasteiger charge is 2.19. The lowest BCUT2D eigenvalue weighted by Gasteiger charge is -2.09. The lowest BCUT2D eigenvalue weighted by atomic mass is 10.1. The molecule has 0 unspecified atom stereocenters. The van der Waals surface area contributed by atoms with Crippen LogP contribution in [0.5, 0.6) is 11.5 Å². The molecule has 54 heavy (non-hydrogen) atoms. The number of aromatic nitrogens is 2. The zero-order valence-electron chi connectivity index (χ0n) is 28.0. The van der Waals surface area contributed by atoms with Crippen molar-refractivity contribution in [3.63, 3.8) is 0 Å². The van der Waals surface area contributed by atoms with E-state index in [0.29, 0.717) is 32.6 Å². The van der Waals surface area contributed by atoms with Crippen LogP contribution in [0.4, 0.5) is 0 Å². The summed E-state index contributed by atoms with van der Waals surface area (Å²) >= 11 is 24.5. The van der Waals surface area contributed by atoms with Crippen LogP contribution in [0.25, 0.3) is 22.5 Å². The van der Waals surface area contributed by atoms with Crippen molar-refractivity contribution in [2.45, 2.75) is 9.79 Å². The van der Waals surface area contributed by atoms with Crippen molar-refractivity contribution in [2.24, 2.45) is 0 Å². The number of carbonyl (C=O) groups is 2. The van der Waals surface area contributed by atoms with Crippen LogP contribution in [0.2, 0.25) is 20.1 Å². The third-order valence-electron chi connectivity index (χ3n) is 7.35. The van der Waals surface area contributed by atoms with Crippen molar-refractivity contribution >= 4 is 78.0 Å². The monoisotopic (exact) mass is 842 g/mol. The minimum atomic E-state index is -3.43. The number of benzene rings is 4. The van der Waals surface area contributed by atoms with Gasteiger partial charge in [-0.15, -0.1) is 0 Å². The van der Waals surface area contributed by atoms with E-state index in [0.717, 1.165) is 12.5 Å². The predicted molar refractivity (Wildman–Crippen MR) is 208 cm³/mol. The van der Waals surface area contributed by atoms with Gasteiger partial charge < -0.3 is 9.47 Å². The fourth-order valence-corrected chi connectivity index (χ4v) is 6.99. The smallest absolute Gasteiger partial charge is 0.345 e. The first-order chi connectivity index (χ1) is 25.5. The van der Waals surface area contributed by atoms with E-state index in [1.807, 2.05) is 12.1 Å². The molecule has 0 aliphatic carbocycles. The van der Waals surface area contributed by atoms with Crippen molar-refractivity contribution in [3.05, 3.63) is 153 Å². The van der Waals surface area contributed by atoms with Gasteiger partial charge in [-0.1, -0.05) is 58.5 Å². The van der Waals surface area contributed by atoms with Gasteiger partial charge in [-0.3, -0.25) is 9.97 Å². The van der Waals surface area contributed by atoms with Crippen LogP contribution >= 0.6 is 46.4 Å². The molecule has 276 valence electrons. The van der Waals surface area contributed by atoms with Crippen LogP contribution in [0, 0.1) is 0 Å². The average Bonchev–Trinajstić information content (AvgIpc) is 3.13. The van der Waals surface area contributed by atoms with Crippen LogP contribution in [-0.2, 0) is 19.7 Å². The Morgan fingerprint density at radius 2 is 1.07 bits per heavy atom. The molecule has 10 nitrogen and oxygen atoms in total. The summed E-state index contributed by atoms with van der Waals surface area (Å²) in [6.07, 6.45) is 5.38. The second-order valence-corrected chi connectivity index (χ2v) is 17.0. The molecule has 4 aromatic carbocycles. The number of sulfone groups is 2. The quantitative estimate of drug-likeness (QED) is 0.107. The van der Waals surface area contributed by atoms with Crippen LogP contribution in [0.3, 0.4) is 0 Å². The van der Waals surface area contributed by atoms with Gasteiger partial charge in [-0.05, 0) is 97.1 Å². The zero-order valence-corrected chi connectivity index (χ0v) is 32.7. The maximum Gasteiger partial charge on any atom is 0.345 e. The highest BCUT2D eigenvalue weighted by molar-refractivity contribution is 7.91. The minimum absolute atomic E-state index is 0.0122. The molecule has 6 rings (SSSR count). The summed E-state index contributed by atoms with van der Waals surface area (Å²) in [5.41, 5.74) is 2.76. The third kappa shape index (κ3) is 10.2. The van der Waals surface area contributed by atoms with E-state index in [2.05, 4.69) is 9.97 Å². The number of hydrogen-bond donors (Lipinski definition) is 0. The van der Waals surface area contributed by atoms with Crippen molar-refractivity contribution in [1.29, 1.82) is 0 Å². The van der Waals surface area contributed by atoms with Crippen molar-refractivity contribution < 1.29 is 35.9 Å². The molecule has 0 amide bonds. The number of hydrogen-bond acceptors (Lipinski definition) is 10. The molecule has 0 atom stereocenters. The summed E-state index contributed by atoms with van der Waals surface area (Å²) in [6, 6.07) is 27.9. The number of ether oxygens (including phenoxy) is 2. The van der Waals surface area contributed by atoms with Crippen molar-refractivity contribution in [3.8, 4) is 34.0 Å². The lowest BCUT2D eigenvalue weighted by molar-refractivity contribution is 0.0725. The molecule has 0 bridgehead atoms. The number of carbonyl (C=O) groups excluding carboxylic acids is 2. The number of pyridine rings is 2. The van der Waals surface area contributed by atoms with Crippen LogP contribution < -0.4 is 9.47 Å². The van der Waals surface area contributed by atoms with Crippen molar-refractivity contribution in [1.82, 2.24) is 9.97 Å². The van der Waals surface area contributed by atoms with Gasteiger partial charge in [-0.25, -0.2) is 26.4 Å². The molecule has 2 heterocycles. The Bertz CT molecular complexity index is 2590. The van der Waals surface area contributed by atoms with Crippen LogP contribution in [0.1, 0.15) is 20.7 Å². The Kier molecular flexibility index (Phi) is 12.8. The predicted octanol–water partition coefficient (Wildman–Crippen LogP) is 9.36. The van der Waals surface area contributed by atoms with E-state index in [-0.39, 0.29) is 42.5 Å². The number of rotatable bonds is 8. The first kappa shape index (κ1) is 40.4. The first-order valence-electron chi connectivity index (χ1n) is 15.4. The maximum atomic E-state index is 12.5. The Morgan fingerprint density at radius 1 is 0.537 bits per heavy atom. The zero-order chi connectivity index (χ0) is 39.2. The van der Waals surface area contributed by atoms with Gasteiger partial charge in [0.2, 0.25) is 0 Å². The summed E-state index contributed by atoms with van der Waals surface area (Å²) in [6.45, 7) is 0. The Morgan fingerprint density at radius 3 is 1.59 bits per heavy atom. The van der Waals surface area contributed by atoms with E-state index >= 15 is 0 Å². The third-order valence-corrected chi connectivity index (χ3v) is 10.8. The molecule has 0 radical (unpaired) electrons. The summed E-state index contributed by atoms with van der Waals surface area (Å²) in [5, 5.41) is 0.914. The standard InChI is InChI=1S/2C19H13Cl2NO4S/c1-27(24,25)13-6-7-14(17(21)11-13)19(23)26-12-5-8-16(20)15(10-12)18-4-2-3-9-22-18;1-27(24,25)13-6-8-18(16(21)11-13)26-19(23)12-5-7-15(20)14(10-12)17-4-2-3-9-22-17/h2*2-11H,1H3. The Balaban J connectivity index is 0.000000208. The Hall–Kier alpha value is -4.82. The molecule has 0 fully saturated rings. The fraction of sp³-hybridized carbons (Fsp3) is 0.0526. The van der Waals surface area contributed by atoms with E-state index < -0.39 is 31.6 Å². The molecule has 0 saturated heterocycles. The SMILES string of the molecule is CS(=O)(=O)c1ccc(C(=O)Oc2ccc(Cl)c(-c3ccccn3)c2)c(Cl)c1.CS(=O)(=O)c1ccc(OC(=O)c2ccc(Cl)c(-c3ccccn3)c2)c(Cl)c1. The van der Waals surface area contributed by atoms with Gasteiger partial charge in [0, 0.05) is 36.0 Å². The van der Waals surface area contributed by atoms with Crippen molar-refractivity contribution in [2.75, 3.05) is 12.5 Å².